The molecular weight excluding hydrogens is 301 g/mol. The van der Waals surface area contributed by atoms with Crippen LogP contribution < -0.4 is 4.74 Å². The van der Waals surface area contributed by atoms with Gasteiger partial charge in [-0.1, -0.05) is 12.1 Å². The smallest absolute Gasteiger partial charge is 0.308 e. The minimum absolute atomic E-state index is 0.0607. The minimum atomic E-state index is -0.849. The van der Waals surface area contributed by atoms with Gasteiger partial charge in [-0.15, -0.1) is 0 Å². The highest BCUT2D eigenvalue weighted by Crippen LogP contribution is 2.23. The number of nitrogens with zero attached hydrogens (tertiary/aromatic N) is 1. The lowest BCUT2D eigenvalue weighted by atomic mass is 9.93. The fourth-order valence-electron chi connectivity index (χ4n) is 2.77. The molecule has 126 valence electrons. The standard InChI is InChI=1S/C17H22FNO4/c1-12-8-9-13(17(21)22)11-19(12)16(20)7-4-10-23-15-6-3-2-5-14(15)18/h2-3,5-6,12-13H,4,7-11H2,1H3,(H,21,22). The number of para-hydroxylation sites is 1. The molecular formula is C17H22FNO4. The third-order valence-electron chi connectivity index (χ3n) is 4.18. The van der Waals surface area contributed by atoms with E-state index in [1.54, 1.807) is 23.1 Å². The molecule has 1 aliphatic heterocycles. The number of ether oxygens (including phenoxy) is 1. The summed E-state index contributed by atoms with van der Waals surface area (Å²) in [5, 5.41) is 9.10. The monoisotopic (exact) mass is 323 g/mol. The van der Waals surface area contributed by atoms with Crippen LogP contribution in [0.4, 0.5) is 4.39 Å². The SMILES string of the molecule is CC1CCC(C(=O)O)CN1C(=O)CCCOc1ccccc1F. The summed E-state index contributed by atoms with van der Waals surface area (Å²) in [5.41, 5.74) is 0. The molecule has 0 bridgehead atoms. The normalized spacial score (nSPS) is 21.0. The van der Waals surface area contributed by atoms with Crippen molar-refractivity contribution < 1.29 is 23.8 Å². The molecule has 1 N–H and O–H groups in total. The summed E-state index contributed by atoms with van der Waals surface area (Å²) in [7, 11) is 0. The highest BCUT2D eigenvalue weighted by molar-refractivity contribution is 5.78. The van der Waals surface area contributed by atoms with E-state index >= 15 is 0 Å². The number of carboxylic acids is 1. The fourth-order valence-corrected chi connectivity index (χ4v) is 2.77. The zero-order chi connectivity index (χ0) is 16.8. The third-order valence-corrected chi connectivity index (χ3v) is 4.18. The number of amides is 1. The molecule has 6 heteroatoms. The van der Waals surface area contributed by atoms with Crippen LogP contribution in [0.5, 0.6) is 5.75 Å². The van der Waals surface area contributed by atoms with E-state index in [2.05, 4.69) is 0 Å². The maximum Gasteiger partial charge on any atom is 0.308 e. The van der Waals surface area contributed by atoms with Gasteiger partial charge in [-0.3, -0.25) is 9.59 Å². The zero-order valence-electron chi connectivity index (χ0n) is 13.2. The number of carbonyl (C=O) groups excluding carboxylic acids is 1. The van der Waals surface area contributed by atoms with Gasteiger partial charge in [0.2, 0.25) is 5.91 Å². The molecule has 0 spiro atoms. The lowest BCUT2D eigenvalue weighted by Crippen LogP contribution is -2.47. The topological polar surface area (TPSA) is 66.8 Å². The number of halogens is 1. The molecule has 23 heavy (non-hydrogen) atoms. The van der Waals surface area contributed by atoms with Crippen LogP contribution in [-0.4, -0.2) is 41.1 Å². The van der Waals surface area contributed by atoms with Gasteiger partial charge < -0.3 is 14.7 Å². The van der Waals surface area contributed by atoms with Crippen molar-refractivity contribution in [3.8, 4) is 5.75 Å². The van der Waals surface area contributed by atoms with Gasteiger partial charge in [-0.2, -0.15) is 0 Å². The quantitative estimate of drug-likeness (QED) is 0.817. The van der Waals surface area contributed by atoms with Crippen molar-refractivity contribution in [3.05, 3.63) is 30.1 Å². The largest absolute Gasteiger partial charge is 0.491 e. The molecule has 2 rings (SSSR count). The molecule has 1 saturated heterocycles. The van der Waals surface area contributed by atoms with Crippen molar-refractivity contribution in [2.24, 2.45) is 5.92 Å². The Balaban J connectivity index is 1.77. The summed E-state index contributed by atoms with van der Waals surface area (Å²) in [6, 6.07) is 6.20. The number of carboxylic acid groups (broad SMARTS) is 1. The van der Waals surface area contributed by atoms with Crippen LogP contribution in [0.2, 0.25) is 0 Å². The van der Waals surface area contributed by atoms with Crippen molar-refractivity contribution in [3.63, 3.8) is 0 Å². The van der Waals surface area contributed by atoms with Gasteiger partial charge in [-0.25, -0.2) is 4.39 Å². The van der Waals surface area contributed by atoms with E-state index < -0.39 is 17.7 Å². The number of carbonyl (C=O) groups is 2. The summed E-state index contributed by atoms with van der Waals surface area (Å²) < 4.78 is 18.7. The third kappa shape index (κ3) is 4.68. The molecule has 0 aliphatic carbocycles. The van der Waals surface area contributed by atoms with E-state index in [1.165, 1.54) is 6.07 Å². The molecule has 2 atom stereocenters. The Kier molecular flexibility index (Phi) is 5.96. The van der Waals surface area contributed by atoms with Gasteiger partial charge in [0.05, 0.1) is 12.5 Å². The van der Waals surface area contributed by atoms with E-state index in [9.17, 15) is 14.0 Å². The average Bonchev–Trinajstić information content (AvgIpc) is 2.53. The van der Waals surface area contributed by atoms with Gasteiger partial charge in [0.25, 0.3) is 0 Å². The summed E-state index contributed by atoms with van der Waals surface area (Å²) in [6.07, 6.45) is 2.05. The second-order valence-electron chi connectivity index (χ2n) is 5.89. The van der Waals surface area contributed by atoms with Crippen LogP contribution in [0.25, 0.3) is 0 Å². The summed E-state index contributed by atoms with van der Waals surface area (Å²) in [6.45, 7) is 2.45. The van der Waals surface area contributed by atoms with Crippen LogP contribution in [0.3, 0.4) is 0 Å². The van der Waals surface area contributed by atoms with E-state index in [0.717, 1.165) is 0 Å². The molecule has 0 aromatic heterocycles. The maximum atomic E-state index is 13.4. The molecule has 1 fully saturated rings. The Morgan fingerprint density at radius 1 is 1.35 bits per heavy atom. The van der Waals surface area contributed by atoms with Crippen molar-refractivity contribution in [2.45, 2.75) is 38.6 Å². The molecule has 0 radical (unpaired) electrons. The average molecular weight is 323 g/mol. The Hall–Kier alpha value is -2.11. The number of rotatable bonds is 6. The molecule has 1 aromatic carbocycles. The Morgan fingerprint density at radius 2 is 2.09 bits per heavy atom. The minimum Gasteiger partial charge on any atom is -0.491 e. The van der Waals surface area contributed by atoms with Crippen LogP contribution in [0.1, 0.15) is 32.6 Å². The first-order valence-electron chi connectivity index (χ1n) is 7.88. The van der Waals surface area contributed by atoms with Gasteiger partial charge in [0, 0.05) is 19.0 Å². The first-order chi connectivity index (χ1) is 11.0. The van der Waals surface area contributed by atoms with Crippen molar-refractivity contribution in [2.75, 3.05) is 13.2 Å². The molecule has 1 amide bonds. The number of benzene rings is 1. The van der Waals surface area contributed by atoms with Gasteiger partial charge in [0.15, 0.2) is 11.6 Å². The molecule has 0 saturated carbocycles. The van der Waals surface area contributed by atoms with Crippen LogP contribution in [0, 0.1) is 11.7 Å². The zero-order valence-corrected chi connectivity index (χ0v) is 13.2. The predicted molar refractivity (Wildman–Crippen MR) is 82.7 cm³/mol. The fraction of sp³-hybridized carbons (Fsp3) is 0.529. The highest BCUT2D eigenvalue weighted by atomic mass is 19.1. The predicted octanol–water partition coefficient (Wildman–Crippen LogP) is 2.70. The van der Waals surface area contributed by atoms with E-state index in [0.29, 0.717) is 19.3 Å². The van der Waals surface area contributed by atoms with Crippen LogP contribution >= 0.6 is 0 Å². The Bertz CT molecular complexity index is 563. The number of piperidine rings is 1. The first-order valence-corrected chi connectivity index (χ1v) is 7.88. The lowest BCUT2D eigenvalue weighted by molar-refractivity contribution is -0.147. The van der Waals surface area contributed by atoms with E-state index in [1.807, 2.05) is 6.92 Å². The molecule has 5 nitrogen and oxygen atoms in total. The van der Waals surface area contributed by atoms with Crippen molar-refractivity contribution >= 4 is 11.9 Å². The number of likely N-dealkylation sites (tertiary alicyclic amines) is 1. The van der Waals surface area contributed by atoms with E-state index in [-0.39, 0.29) is 37.3 Å². The second-order valence-corrected chi connectivity index (χ2v) is 5.89. The summed E-state index contributed by atoms with van der Waals surface area (Å²) in [5.74, 6) is -1.65. The second kappa shape index (κ2) is 7.94. The number of hydrogen-bond acceptors (Lipinski definition) is 3. The Labute approximate surface area is 135 Å². The van der Waals surface area contributed by atoms with Crippen molar-refractivity contribution in [1.82, 2.24) is 4.90 Å². The molecule has 1 aromatic rings. The summed E-state index contributed by atoms with van der Waals surface area (Å²) >= 11 is 0. The molecule has 2 unspecified atom stereocenters. The highest BCUT2D eigenvalue weighted by Gasteiger charge is 2.32. The van der Waals surface area contributed by atoms with Gasteiger partial charge in [-0.05, 0) is 38.3 Å². The van der Waals surface area contributed by atoms with Gasteiger partial charge >= 0.3 is 5.97 Å². The number of aliphatic carboxylic acids is 1. The van der Waals surface area contributed by atoms with Crippen molar-refractivity contribution in [1.29, 1.82) is 0 Å². The first kappa shape index (κ1) is 17.2. The maximum absolute atomic E-state index is 13.4. The number of hydrogen-bond donors (Lipinski definition) is 1. The molecule has 1 heterocycles. The lowest BCUT2D eigenvalue weighted by Gasteiger charge is -2.36. The molecule has 1 aliphatic rings. The van der Waals surface area contributed by atoms with E-state index in [4.69, 9.17) is 9.84 Å². The van der Waals surface area contributed by atoms with Crippen LogP contribution in [0.15, 0.2) is 24.3 Å². The van der Waals surface area contributed by atoms with Crippen LogP contribution in [-0.2, 0) is 9.59 Å². The Morgan fingerprint density at radius 3 is 2.78 bits per heavy atom. The van der Waals surface area contributed by atoms with Gasteiger partial charge in [0.1, 0.15) is 0 Å². The summed E-state index contributed by atoms with van der Waals surface area (Å²) in [4.78, 5) is 25.0.